The molecule has 0 radical (unpaired) electrons. The number of anilines is 1. The minimum absolute atomic E-state index is 0.337. The molecule has 0 saturated carbocycles. The number of benzene rings is 1. The van der Waals surface area contributed by atoms with Crippen molar-refractivity contribution in [2.45, 2.75) is 25.9 Å². The third kappa shape index (κ3) is 3.83. The second-order valence-electron chi connectivity index (χ2n) is 4.57. The zero-order valence-corrected chi connectivity index (χ0v) is 11.5. The molecule has 102 valence electrons. The van der Waals surface area contributed by atoms with Crippen LogP contribution in [0.4, 0.5) is 5.69 Å². The van der Waals surface area contributed by atoms with Gasteiger partial charge in [-0.15, -0.1) is 0 Å². The Labute approximate surface area is 114 Å². The second kappa shape index (κ2) is 6.95. The maximum Gasteiger partial charge on any atom is 0.0679 e. The van der Waals surface area contributed by atoms with Crippen LogP contribution in [0.5, 0.6) is 0 Å². The lowest BCUT2D eigenvalue weighted by Crippen LogP contribution is -2.24. The Morgan fingerprint density at radius 1 is 1.32 bits per heavy atom. The molecule has 2 aromatic rings. The van der Waals surface area contributed by atoms with Crippen molar-refractivity contribution < 1.29 is 4.74 Å². The third-order valence-corrected chi connectivity index (χ3v) is 3.13. The predicted octanol–water partition coefficient (Wildman–Crippen LogP) is 2.77. The van der Waals surface area contributed by atoms with Gasteiger partial charge in [0.05, 0.1) is 13.2 Å². The summed E-state index contributed by atoms with van der Waals surface area (Å²) >= 11 is 0. The smallest absolute Gasteiger partial charge is 0.0679 e. The lowest BCUT2D eigenvalue weighted by atomic mass is 10.1. The molecule has 2 rings (SSSR count). The van der Waals surface area contributed by atoms with Gasteiger partial charge in [0.1, 0.15) is 0 Å². The Bertz CT molecular complexity index is 482. The average molecular weight is 259 g/mol. The lowest BCUT2D eigenvalue weighted by molar-refractivity contribution is 0.184. The normalized spacial score (nSPS) is 12.3. The van der Waals surface area contributed by atoms with Gasteiger partial charge >= 0.3 is 0 Å². The number of rotatable bonds is 7. The van der Waals surface area contributed by atoms with Gasteiger partial charge < -0.3 is 10.1 Å². The van der Waals surface area contributed by atoms with Crippen LogP contribution in [0.15, 0.2) is 42.7 Å². The number of hydrogen-bond donors (Lipinski definition) is 1. The van der Waals surface area contributed by atoms with E-state index in [0.29, 0.717) is 12.6 Å². The molecular weight excluding hydrogens is 238 g/mol. The van der Waals surface area contributed by atoms with Crippen molar-refractivity contribution in [1.82, 2.24) is 9.78 Å². The Morgan fingerprint density at radius 2 is 2.16 bits per heavy atom. The fraction of sp³-hybridized carbons (Fsp3) is 0.400. The van der Waals surface area contributed by atoms with Crippen LogP contribution in [0.1, 0.15) is 18.9 Å². The SMILES string of the molecule is CCC(COC)Nc1ccccc1Cn1cccn1. The standard InChI is InChI=1S/C15H21N3O/c1-3-14(12-19-2)17-15-8-5-4-7-13(15)11-18-10-6-9-16-18/h4-10,14,17H,3,11-12H2,1-2H3. The first kappa shape index (κ1) is 13.6. The highest BCUT2D eigenvalue weighted by Crippen LogP contribution is 2.18. The monoisotopic (exact) mass is 259 g/mol. The van der Waals surface area contributed by atoms with Gasteiger partial charge in [0.2, 0.25) is 0 Å². The maximum atomic E-state index is 5.23. The minimum atomic E-state index is 0.337. The van der Waals surface area contributed by atoms with Crippen molar-refractivity contribution >= 4 is 5.69 Å². The molecule has 0 fully saturated rings. The van der Waals surface area contributed by atoms with Gasteiger partial charge in [0.15, 0.2) is 0 Å². The summed E-state index contributed by atoms with van der Waals surface area (Å²) in [5.74, 6) is 0. The van der Waals surface area contributed by atoms with Crippen LogP contribution >= 0.6 is 0 Å². The van der Waals surface area contributed by atoms with Crippen molar-refractivity contribution in [3.63, 3.8) is 0 Å². The summed E-state index contributed by atoms with van der Waals surface area (Å²) in [5, 5.41) is 7.80. The molecule has 1 heterocycles. The van der Waals surface area contributed by atoms with Crippen molar-refractivity contribution in [2.24, 2.45) is 0 Å². The molecule has 0 saturated heterocycles. The van der Waals surface area contributed by atoms with E-state index >= 15 is 0 Å². The number of para-hydroxylation sites is 1. The van der Waals surface area contributed by atoms with Crippen LogP contribution in [0, 0.1) is 0 Å². The van der Waals surface area contributed by atoms with E-state index in [4.69, 9.17) is 4.74 Å². The summed E-state index contributed by atoms with van der Waals surface area (Å²) in [5.41, 5.74) is 2.39. The molecule has 1 aromatic heterocycles. The first-order chi connectivity index (χ1) is 9.33. The highest BCUT2D eigenvalue weighted by Gasteiger charge is 2.08. The largest absolute Gasteiger partial charge is 0.383 e. The zero-order valence-electron chi connectivity index (χ0n) is 11.5. The maximum absolute atomic E-state index is 5.23. The van der Waals surface area contributed by atoms with Crippen molar-refractivity contribution in [2.75, 3.05) is 19.0 Å². The van der Waals surface area contributed by atoms with E-state index in [1.807, 2.05) is 16.9 Å². The number of nitrogens with one attached hydrogen (secondary N) is 1. The summed E-state index contributed by atoms with van der Waals surface area (Å²) in [7, 11) is 1.74. The van der Waals surface area contributed by atoms with Crippen molar-refractivity contribution in [3.8, 4) is 0 Å². The van der Waals surface area contributed by atoms with Crippen LogP contribution < -0.4 is 5.32 Å². The number of ether oxygens (including phenoxy) is 1. The summed E-state index contributed by atoms with van der Waals surface area (Å²) < 4.78 is 7.16. The van der Waals surface area contributed by atoms with E-state index in [0.717, 1.165) is 18.7 Å². The Hall–Kier alpha value is -1.81. The van der Waals surface area contributed by atoms with Crippen LogP contribution in [0.25, 0.3) is 0 Å². The van der Waals surface area contributed by atoms with E-state index < -0.39 is 0 Å². The number of aromatic nitrogens is 2. The molecule has 4 heteroatoms. The van der Waals surface area contributed by atoms with Gasteiger partial charge in [0.25, 0.3) is 0 Å². The van der Waals surface area contributed by atoms with E-state index in [1.54, 1.807) is 13.3 Å². The molecule has 0 amide bonds. The first-order valence-corrected chi connectivity index (χ1v) is 6.64. The third-order valence-electron chi connectivity index (χ3n) is 3.13. The fourth-order valence-corrected chi connectivity index (χ4v) is 2.05. The van der Waals surface area contributed by atoms with Crippen molar-refractivity contribution in [3.05, 3.63) is 48.3 Å². The molecule has 0 spiro atoms. The van der Waals surface area contributed by atoms with Gasteiger partial charge in [-0.2, -0.15) is 5.10 Å². The van der Waals surface area contributed by atoms with E-state index in [9.17, 15) is 0 Å². The second-order valence-corrected chi connectivity index (χ2v) is 4.57. The molecule has 1 aromatic carbocycles. The van der Waals surface area contributed by atoms with Crippen molar-refractivity contribution in [1.29, 1.82) is 0 Å². The van der Waals surface area contributed by atoms with E-state index in [2.05, 4.69) is 41.6 Å². The quantitative estimate of drug-likeness (QED) is 0.831. The minimum Gasteiger partial charge on any atom is -0.383 e. The molecule has 1 atom stereocenters. The molecular formula is C15H21N3O. The topological polar surface area (TPSA) is 39.1 Å². The fourth-order valence-electron chi connectivity index (χ4n) is 2.05. The summed E-state index contributed by atoms with van der Waals surface area (Å²) in [4.78, 5) is 0. The van der Waals surface area contributed by atoms with E-state index in [1.165, 1.54) is 5.56 Å². The van der Waals surface area contributed by atoms with Crippen LogP contribution in [-0.4, -0.2) is 29.5 Å². The Morgan fingerprint density at radius 3 is 2.84 bits per heavy atom. The Balaban J connectivity index is 2.11. The lowest BCUT2D eigenvalue weighted by Gasteiger charge is -2.19. The molecule has 4 nitrogen and oxygen atoms in total. The molecule has 0 bridgehead atoms. The molecule has 0 aliphatic rings. The molecule has 1 N–H and O–H groups in total. The van der Waals surface area contributed by atoms with Crippen LogP contribution in [0.2, 0.25) is 0 Å². The summed E-state index contributed by atoms with van der Waals surface area (Å²) in [6.07, 6.45) is 4.81. The van der Waals surface area contributed by atoms with Crippen LogP contribution in [-0.2, 0) is 11.3 Å². The molecule has 0 aliphatic heterocycles. The zero-order chi connectivity index (χ0) is 13.5. The number of hydrogen-bond acceptors (Lipinski definition) is 3. The van der Waals surface area contributed by atoms with E-state index in [-0.39, 0.29) is 0 Å². The van der Waals surface area contributed by atoms with Gasteiger partial charge in [-0.05, 0) is 24.1 Å². The van der Waals surface area contributed by atoms with Gasteiger partial charge in [-0.25, -0.2) is 0 Å². The molecule has 0 aliphatic carbocycles. The Kier molecular flexibility index (Phi) is 4.98. The first-order valence-electron chi connectivity index (χ1n) is 6.64. The molecule has 1 unspecified atom stereocenters. The highest BCUT2D eigenvalue weighted by molar-refractivity contribution is 5.51. The highest BCUT2D eigenvalue weighted by atomic mass is 16.5. The average Bonchev–Trinajstić information content (AvgIpc) is 2.93. The van der Waals surface area contributed by atoms with Gasteiger partial charge in [-0.1, -0.05) is 25.1 Å². The predicted molar refractivity (Wildman–Crippen MR) is 77.3 cm³/mol. The summed E-state index contributed by atoms with van der Waals surface area (Å²) in [6, 6.07) is 10.6. The van der Waals surface area contributed by atoms with Gasteiger partial charge in [-0.3, -0.25) is 4.68 Å². The molecule has 19 heavy (non-hydrogen) atoms. The summed E-state index contributed by atoms with van der Waals surface area (Å²) in [6.45, 7) is 3.65. The number of nitrogens with zero attached hydrogens (tertiary/aromatic N) is 2. The van der Waals surface area contributed by atoms with Gasteiger partial charge in [0, 0.05) is 31.2 Å². The number of methoxy groups -OCH3 is 1. The van der Waals surface area contributed by atoms with Crippen LogP contribution in [0.3, 0.4) is 0 Å².